The van der Waals surface area contributed by atoms with Crippen molar-refractivity contribution in [2.45, 2.75) is 32.4 Å². The number of para-hydroxylation sites is 1. The van der Waals surface area contributed by atoms with Gasteiger partial charge in [0.05, 0.1) is 19.8 Å². The molecule has 2 aromatic heterocycles. The number of carbonyl (C=O) groups is 2. The summed E-state index contributed by atoms with van der Waals surface area (Å²) < 4.78 is 14.2. The summed E-state index contributed by atoms with van der Waals surface area (Å²) >= 11 is 0. The number of esters is 2. The van der Waals surface area contributed by atoms with E-state index in [1.165, 1.54) is 14.2 Å². The van der Waals surface area contributed by atoms with Gasteiger partial charge in [-0.2, -0.15) is 4.57 Å². The Bertz CT molecular complexity index is 1310. The lowest BCUT2D eigenvalue weighted by Crippen LogP contribution is -2.40. The molecule has 0 saturated carbocycles. The summed E-state index contributed by atoms with van der Waals surface area (Å²) in [5.41, 5.74) is 3.21. The van der Waals surface area contributed by atoms with E-state index in [-0.39, 0.29) is 24.0 Å². The van der Waals surface area contributed by atoms with E-state index in [0.29, 0.717) is 11.1 Å². The molecule has 0 radical (unpaired) electrons. The first-order chi connectivity index (χ1) is 15.4. The van der Waals surface area contributed by atoms with Crippen LogP contribution < -0.4 is 4.57 Å². The van der Waals surface area contributed by atoms with Crippen LogP contribution in [0, 0.1) is 0 Å². The molecule has 32 heavy (non-hydrogen) atoms. The molecule has 6 heteroatoms. The largest absolute Gasteiger partial charge is 0.465 e. The van der Waals surface area contributed by atoms with Gasteiger partial charge in [0, 0.05) is 41.0 Å². The third-order valence-electron chi connectivity index (χ3n) is 6.00. The summed E-state index contributed by atoms with van der Waals surface area (Å²) in [6, 6.07) is 17.9. The Kier molecular flexibility index (Phi) is 5.95. The van der Waals surface area contributed by atoms with Crippen molar-refractivity contribution in [2.24, 2.45) is 0 Å². The summed E-state index contributed by atoms with van der Waals surface area (Å²) in [7, 11) is 2.79. The van der Waals surface area contributed by atoms with Crippen LogP contribution in [0.5, 0.6) is 0 Å². The van der Waals surface area contributed by atoms with Crippen LogP contribution in [-0.4, -0.2) is 30.7 Å². The molecule has 6 nitrogen and oxygen atoms in total. The molecule has 2 unspecified atom stereocenters. The minimum absolute atomic E-state index is 0.131. The first-order valence-electron chi connectivity index (χ1n) is 10.6. The van der Waals surface area contributed by atoms with Gasteiger partial charge in [0.1, 0.15) is 5.56 Å². The lowest BCUT2D eigenvalue weighted by molar-refractivity contribution is -0.696. The van der Waals surface area contributed by atoms with Gasteiger partial charge in [-0.05, 0) is 50.2 Å². The molecule has 0 saturated heterocycles. The number of rotatable bonds is 6. The number of carbonyl (C=O) groups excluding carboxylic acids is 2. The Morgan fingerprint density at radius 1 is 0.906 bits per heavy atom. The second-order valence-corrected chi connectivity index (χ2v) is 8.11. The van der Waals surface area contributed by atoms with Crippen LogP contribution in [0.1, 0.15) is 53.1 Å². The monoisotopic (exact) mass is 431 g/mol. The number of fused-ring (bicyclic) bond motifs is 2. The number of methoxy groups -OCH3 is 2. The number of pyridine rings is 1. The van der Waals surface area contributed by atoms with Gasteiger partial charge in [0.2, 0.25) is 5.52 Å². The Morgan fingerprint density at radius 2 is 1.59 bits per heavy atom. The molecule has 4 aromatic rings. The Morgan fingerprint density at radius 3 is 2.34 bits per heavy atom. The molecule has 0 amide bonds. The normalized spacial score (nSPS) is 13.1. The highest BCUT2D eigenvalue weighted by Crippen LogP contribution is 2.26. The van der Waals surface area contributed by atoms with Crippen LogP contribution in [0.25, 0.3) is 21.8 Å². The predicted octanol–water partition coefficient (Wildman–Crippen LogP) is 4.87. The third-order valence-corrected chi connectivity index (χ3v) is 6.00. The van der Waals surface area contributed by atoms with E-state index >= 15 is 0 Å². The molecule has 2 aromatic carbocycles. The van der Waals surface area contributed by atoms with Crippen LogP contribution in [0.4, 0.5) is 0 Å². The highest BCUT2D eigenvalue weighted by Gasteiger charge is 2.24. The van der Waals surface area contributed by atoms with E-state index in [0.717, 1.165) is 28.2 Å². The van der Waals surface area contributed by atoms with E-state index in [1.807, 2.05) is 48.7 Å². The van der Waals surface area contributed by atoms with Crippen molar-refractivity contribution in [3.8, 4) is 0 Å². The second-order valence-electron chi connectivity index (χ2n) is 8.11. The molecule has 0 aliphatic carbocycles. The van der Waals surface area contributed by atoms with Gasteiger partial charge in [0.25, 0.3) is 0 Å². The topological polar surface area (TPSA) is 61.4 Å². The Balaban J connectivity index is 1.65. The van der Waals surface area contributed by atoms with Crippen molar-refractivity contribution in [3.63, 3.8) is 0 Å². The smallest absolute Gasteiger partial charge is 0.343 e. The summed E-state index contributed by atoms with van der Waals surface area (Å²) in [5.74, 6) is -0.683. The van der Waals surface area contributed by atoms with Crippen LogP contribution >= 0.6 is 0 Å². The minimum atomic E-state index is -0.345. The fraction of sp³-hybridized carbons (Fsp3) is 0.269. The maximum atomic E-state index is 12.2. The SMILES string of the molecule is COC(=O)c1ccc2c(ccn2C(C)CC(C)[n+]2cc(C(=O)OC)cc3ccccc32)c1. The molecule has 0 N–H and O–H groups in total. The zero-order valence-electron chi connectivity index (χ0n) is 18.7. The van der Waals surface area contributed by atoms with Gasteiger partial charge < -0.3 is 14.0 Å². The lowest BCUT2D eigenvalue weighted by Gasteiger charge is -2.18. The molecular weight excluding hydrogens is 404 g/mol. The van der Waals surface area contributed by atoms with Gasteiger partial charge >= 0.3 is 11.9 Å². The van der Waals surface area contributed by atoms with Crippen molar-refractivity contribution in [2.75, 3.05) is 14.2 Å². The van der Waals surface area contributed by atoms with Gasteiger partial charge in [-0.25, -0.2) is 9.59 Å². The van der Waals surface area contributed by atoms with Gasteiger partial charge in [-0.15, -0.1) is 0 Å². The number of benzene rings is 2. The maximum Gasteiger partial charge on any atom is 0.343 e. The number of aromatic nitrogens is 2. The molecule has 0 aliphatic rings. The molecule has 4 rings (SSSR count). The first kappa shape index (κ1) is 21.6. The molecule has 0 bridgehead atoms. The van der Waals surface area contributed by atoms with Crippen molar-refractivity contribution in [3.05, 3.63) is 78.1 Å². The van der Waals surface area contributed by atoms with Crippen LogP contribution in [-0.2, 0) is 9.47 Å². The van der Waals surface area contributed by atoms with Crippen LogP contribution in [0.15, 0.2) is 67.0 Å². The average molecular weight is 432 g/mol. The lowest BCUT2D eigenvalue weighted by atomic mass is 10.1. The average Bonchev–Trinajstić information content (AvgIpc) is 3.25. The van der Waals surface area contributed by atoms with Crippen molar-refractivity contribution in [1.29, 1.82) is 0 Å². The van der Waals surface area contributed by atoms with E-state index in [9.17, 15) is 9.59 Å². The fourth-order valence-electron chi connectivity index (χ4n) is 4.38. The zero-order chi connectivity index (χ0) is 22.8. The van der Waals surface area contributed by atoms with Crippen LogP contribution in [0.3, 0.4) is 0 Å². The zero-order valence-corrected chi connectivity index (χ0v) is 18.7. The standard InChI is InChI=1S/C26H27N2O4/c1-17(27-12-11-20-14-21(25(29)31-3)9-10-24(20)27)13-18(2)28-16-22(26(30)32-4)15-19-7-5-6-8-23(19)28/h5-12,14-18H,13H2,1-4H3/q+1. The molecule has 0 fully saturated rings. The summed E-state index contributed by atoms with van der Waals surface area (Å²) in [6.07, 6.45) is 4.78. The van der Waals surface area contributed by atoms with Crippen molar-refractivity contribution in [1.82, 2.24) is 4.57 Å². The number of nitrogens with zero attached hydrogens (tertiary/aromatic N) is 2. The summed E-state index contributed by atoms with van der Waals surface area (Å²) in [6.45, 7) is 4.34. The highest BCUT2D eigenvalue weighted by molar-refractivity contribution is 5.95. The summed E-state index contributed by atoms with van der Waals surface area (Å²) in [4.78, 5) is 24.1. The van der Waals surface area contributed by atoms with E-state index in [2.05, 4.69) is 35.2 Å². The number of ether oxygens (including phenoxy) is 2. The molecule has 2 heterocycles. The quantitative estimate of drug-likeness (QED) is 0.323. The molecule has 0 spiro atoms. The minimum Gasteiger partial charge on any atom is -0.465 e. The third kappa shape index (κ3) is 3.96. The first-order valence-corrected chi connectivity index (χ1v) is 10.6. The van der Waals surface area contributed by atoms with Gasteiger partial charge in [-0.1, -0.05) is 12.1 Å². The van der Waals surface area contributed by atoms with E-state index in [1.54, 1.807) is 6.07 Å². The number of hydrogen-bond acceptors (Lipinski definition) is 4. The van der Waals surface area contributed by atoms with E-state index < -0.39 is 0 Å². The predicted molar refractivity (Wildman–Crippen MR) is 123 cm³/mol. The Hall–Kier alpha value is -3.67. The van der Waals surface area contributed by atoms with Gasteiger partial charge in [0.15, 0.2) is 12.2 Å². The Labute approximate surface area is 187 Å². The molecule has 164 valence electrons. The fourth-order valence-corrected chi connectivity index (χ4v) is 4.38. The van der Waals surface area contributed by atoms with Crippen molar-refractivity contribution < 1.29 is 23.6 Å². The molecule has 0 aliphatic heterocycles. The second kappa shape index (κ2) is 8.83. The molecule has 2 atom stereocenters. The van der Waals surface area contributed by atoms with Gasteiger partial charge in [-0.3, -0.25) is 0 Å². The van der Waals surface area contributed by atoms with Crippen molar-refractivity contribution >= 4 is 33.7 Å². The van der Waals surface area contributed by atoms with Crippen LogP contribution in [0.2, 0.25) is 0 Å². The van der Waals surface area contributed by atoms with E-state index in [4.69, 9.17) is 9.47 Å². The summed E-state index contributed by atoms with van der Waals surface area (Å²) in [5, 5.41) is 2.00. The highest BCUT2D eigenvalue weighted by atomic mass is 16.5. The maximum absolute atomic E-state index is 12.2. The number of hydrogen-bond donors (Lipinski definition) is 0. The molecular formula is C26H27N2O4+.